The number of aromatic nitrogens is 5. The molecular weight excluding hydrogens is 328 g/mol. The molecule has 1 unspecified atom stereocenters. The lowest BCUT2D eigenvalue weighted by molar-refractivity contribution is 0.189. The molecule has 0 bridgehead atoms. The average Bonchev–Trinajstić information content (AvgIpc) is 3.43. The van der Waals surface area contributed by atoms with Crippen LogP contribution in [0.2, 0.25) is 0 Å². The van der Waals surface area contributed by atoms with Gasteiger partial charge in [0.1, 0.15) is 0 Å². The smallest absolute Gasteiger partial charge is 0.229 e. The summed E-state index contributed by atoms with van der Waals surface area (Å²) in [6.07, 6.45) is 9.40. The Morgan fingerprint density at radius 1 is 1.19 bits per heavy atom. The van der Waals surface area contributed by atoms with Crippen molar-refractivity contribution in [3.63, 3.8) is 0 Å². The lowest BCUT2D eigenvalue weighted by Gasteiger charge is -2.33. The number of rotatable bonds is 4. The number of nitrogens with one attached hydrogen (secondary N) is 1. The van der Waals surface area contributed by atoms with Crippen molar-refractivity contribution in [2.24, 2.45) is 0 Å². The van der Waals surface area contributed by atoms with Crippen LogP contribution in [0.1, 0.15) is 66.4 Å². The van der Waals surface area contributed by atoms with Crippen LogP contribution in [0.3, 0.4) is 0 Å². The van der Waals surface area contributed by atoms with E-state index in [9.17, 15) is 0 Å². The third-order valence-electron chi connectivity index (χ3n) is 5.53. The normalized spacial score (nSPS) is 21.2. The lowest BCUT2D eigenvalue weighted by atomic mass is 9.99. The largest absolute Gasteiger partial charge is 0.348 e. The van der Waals surface area contributed by atoms with E-state index in [1.54, 1.807) is 6.33 Å². The summed E-state index contributed by atoms with van der Waals surface area (Å²) in [7, 11) is 0. The fourth-order valence-electron chi connectivity index (χ4n) is 4.21. The van der Waals surface area contributed by atoms with E-state index in [1.165, 1.54) is 31.4 Å². The molecular formula is C19H22N6O. The van der Waals surface area contributed by atoms with Gasteiger partial charge in [0.05, 0.1) is 30.3 Å². The van der Waals surface area contributed by atoms with Gasteiger partial charge in [0, 0.05) is 30.8 Å². The third-order valence-corrected chi connectivity index (χ3v) is 5.53. The number of aromatic amines is 1. The van der Waals surface area contributed by atoms with Gasteiger partial charge >= 0.3 is 0 Å². The van der Waals surface area contributed by atoms with E-state index in [0.29, 0.717) is 12.5 Å². The SMILES string of the molecule is c1ccc(C2c3nc[nH]c3CCN2Cc2noc(C3CCCC3)n2)nc1. The number of H-pyrrole nitrogens is 1. The first kappa shape index (κ1) is 15.7. The zero-order valence-corrected chi connectivity index (χ0v) is 14.6. The molecule has 7 nitrogen and oxygen atoms in total. The van der Waals surface area contributed by atoms with Gasteiger partial charge in [-0.2, -0.15) is 4.98 Å². The molecule has 1 fully saturated rings. The third kappa shape index (κ3) is 2.82. The summed E-state index contributed by atoms with van der Waals surface area (Å²) in [4.78, 5) is 19.5. The van der Waals surface area contributed by atoms with Gasteiger partial charge in [-0.25, -0.2) is 4.98 Å². The van der Waals surface area contributed by atoms with Gasteiger partial charge in [-0.05, 0) is 25.0 Å². The molecule has 0 aromatic carbocycles. The zero-order valence-electron chi connectivity index (χ0n) is 14.6. The molecule has 0 spiro atoms. The summed E-state index contributed by atoms with van der Waals surface area (Å²) < 4.78 is 5.56. The van der Waals surface area contributed by atoms with Crippen molar-refractivity contribution < 1.29 is 4.52 Å². The number of nitrogens with zero attached hydrogens (tertiary/aromatic N) is 5. The van der Waals surface area contributed by atoms with Gasteiger partial charge in [-0.15, -0.1) is 0 Å². The minimum atomic E-state index is 0.0135. The maximum absolute atomic E-state index is 5.56. The minimum absolute atomic E-state index is 0.0135. The molecule has 1 aliphatic heterocycles. The quantitative estimate of drug-likeness (QED) is 0.779. The van der Waals surface area contributed by atoms with E-state index in [4.69, 9.17) is 9.51 Å². The molecule has 1 saturated carbocycles. The molecule has 134 valence electrons. The topological polar surface area (TPSA) is 83.7 Å². The maximum Gasteiger partial charge on any atom is 0.229 e. The highest BCUT2D eigenvalue weighted by atomic mass is 16.5. The number of pyridine rings is 1. The zero-order chi connectivity index (χ0) is 17.3. The molecule has 1 N–H and O–H groups in total. The molecule has 1 atom stereocenters. The van der Waals surface area contributed by atoms with Crippen LogP contribution in [0.15, 0.2) is 35.2 Å². The Balaban J connectivity index is 1.42. The summed E-state index contributed by atoms with van der Waals surface area (Å²) in [5.74, 6) is 2.01. The molecule has 0 saturated heterocycles. The summed E-state index contributed by atoms with van der Waals surface area (Å²) in [6, 6.07) is 6.03. The Labute approximate surface area is 151 Å². The maximum atomic E-state index is 5.56. The van der Waals surface area contributed by atoms with Gasteiger partial charge in [0.25, 0.3) is 0 Å². The number of hydrogen-bond donors (Lipinski definition) is 1. The molecule has 3 aromatic rings. The van der Waals surface area contributed by atoms with Crippen LogP contribution < -0.4 is 0 Å². The number of fused-ring (bicyclic) bond motifs is 1. The van der Waals surface area contributed by atoms with E-state index in [0.717, 1.165) is 36.1 Å². The Kier molecular flexibility index (Phi) is 4.01. The second-order valence-corrected chi connectivity index (χ2v) is 7.17. The van der Waals surface area contributed by atoms with Crippen molar-refractivity contribution in [3.05, 3.63) is 59.5 Å². The predicted molar refractivity (Wildman–Crippen MR) is 94.3 cm³/mol. The first-order valence-corrected chi connectivity index (χ1v) is 9.38. The van der Waals surface area contributed by atoms with Crippen LogP contribution in [-0.4, -0.2) is 36.5 Å². The van der Waals surface area contributed by atoms with Crippen LogP contribution in [-0.2, 0) is 13.0 Å². The molecule has 3 aromatic heterocycles. The Hall–Kier alpha value is -2.54. The standard InChI is InChI=1S/C19H22N6O/c1-2-6-13(5-1)19-23-16(24-26-19)11-25-10-8-14-17(22-12-21-14)18(25)15-7-3-4-9-20-15/h3-4,7,9,12-13,18H,1-2,5-6,8,10-11H2,(H,21,22). The van der Waals surface area contributed by atoms with Gasteiger partial charge in [0.15, 0.2) is 5.82 Å². The molecule has 5 rings (SSSR count). The van der Waals surface area contributed by atoms with Crippen molar-refractivity contribution in [1.29, 1.82) is 0 Å². The van der Waals surface area contributed by atoms with E-state index < -0.39 is 0 Å². The van der Waals surface area contributed by atoms with Crippen LogP contribution in [0, 0.1) is 0 Å². The summed E-state index contributed by atoms with van der Waals surface area (Å²) in [6.45, 7) is 1.55. The second-order valence-electron chi connectivity index (χ2n) is 7.17. The fourth-order valence-corrected chi connectivity index (χ4v) is 4.21. The highest BCUT2D eigenvalue weighted by molar-refractivity contribution is 5.28. The van der Waals surface area contributed by atoms with Crippen LogP contribution in [0.25, 0.3) is 0 Å². The lowest BCUT2D eigenvalue weighted by Crippen LogP contribution is -2.36. The average molecular weight is 350 g/mol. The molecule has 0 radical (unpaired) electrons. The van der Waals surface area contributed by atoms with Crippen LogP contribution in [0.4, 0.5) is 0 Å². The van der Waals surface area contributed by atoms with Gasteiger partial charge < -0.3 is 9.51 Å². The van der Waals surface area contributed by atoms with Gasteiger partial charge in [0.2, 0.25) is 5.89 Å². The summed E-state index contributed by atoms with van der Waals surface area (Å²) in [5.41, 5.74) is 3.24. The number of hydrogen-bond acceptors (Lipinski definition) is 6. The van der Waals surface area contributed by atoms with Crippen molar-refractivity contribution in [2.45, 2.75) is 50.6 Å². The molecule has 2 aliphatic rings. The monoisotopic (exact) mass is 350 g/mol. The summed E-state index contributed by atoms with van der Waals surface area (Å²) >= 11 is 0. The van der Waals surface area contributed by atoms with Gasteiger partial charge in [-0.1, -0.05) is 24.1 Å². The molecule has 7 heteroatoms. The van der Waals surface area contributed by atoms with Crippen molar-refractivity contribution in [2.75, 3.05) is 6.54 Å². The summed E-state index contributed by atoms with van der Waals surface area (Å²) in [5, 5.41) is 4.25. The Bertz CT molecular complexity index is 867. The second kappa shape index (κ2) is 6.64. The fraction of sp³-hybridized carbons (Fsp3) is 0.474. The number of imidazole rings is 1. The molecule has 4 heterocycles. The highest BCUT2D eigenvalue weighted by Gasteiger charge is 2.33. The van der Waals surface area contributed by atoms with E-state index in [1.807, 2.05) is 18.3 Å². The Morgan fingerprint density at radius 3 is 2.96 bits per heavy atom. The van der Waals surface area contributed by atoms with Crippen molar-refractivity contribution in [3.8, 4) is 0 Å². The van der Waals surface area contributed by atoms with E-state index in [-0.39, 0.29) is 6.04 Å². The van der Waals surface area contributed by atoms with E-state index >= 15 is 0 Å². The first-order chi connectivity index (χ1) is 12.9. The molecule has 1 aliphatic carbocycles. The van der Waals surface area contributed by atoms with Crippen LogP contribution >= 0.6 is 0 Å². The molecule has 26 heavy (non-hydrogen) atoms. The minimum Gasteiger partial charge on any atom is -0.348 e. The van der Waals surface area contributed by atoms with Gasteiger partial charge in [-0.3, -0.25) is 9.88 Å². The van der Waals surface area contributed by atoms with Crippen molar-refractivity contribution in [1.82, 2.24) is 30.0 Å². The van der Waals surface area contributed by atoms with E-state index in [2.05, 4.69) is 31.1 Å². The molecule has 0 amide bonds. The predicted octanol–water partition coefficient (Wildman–Crippen LogP) is 2.99. The highest BCUT2D eigenvalue weighted by Crippen LogP contribution is 2.35. The Morgan fingerprint density at radius 2 is 2.12 bits per heavy atom. The van der Waals surface area contributed by atoms with Crippen molar-refractivity contribution >= 4 is 0 Å². The van der Waals surface area contributed by atoms with Crippen LogP contribution in [0.5, 0.6) is 0 Å². The first-order valence-electron chi connectivity index (χ1n) is 9.38.